The molecule has 1 unspecified atom stereocenters. The van der Waals surface area contributed by atoms with Crippen LogP contribution in [0.25, 0.3) is 16.9 Å². The highest BCUT2D eigenvalue weighted by Crippen LogP contribution is 2.39. The molecule has 11 nitrogen and oxygen atoms in total. The fourth-order valence-electron chi connectivity index (χ4n) is 4.14. The van der Waals surface area contributed by atoms with E-state index in [0.29, 0.717) is 28.2 Å². The molecule has 0 aliphatic heterocycles. The van der Waals surface area contributed by atoms with Crippen LogP contribution in [-0.2, 0) is 4.74 Å². The van der Waals surface area contributed by atoms with Gasteiger partial charge in [-0.3, -0.25) is 9.78 Å². The number of ether oxygens (including phenoxy) is 1. The fraction of sp³-hybridized carbons (Fsp3) is 0.400. The number of nitrogens with one attached hydrogen (secondary N) is 2. The number of aromatic nitrogens is 3. The van der Waals surface area contributed by atoms with Crippen LogP contribution in [0.15, 0.2) is 36.7 Å². The minimum absolute atomic E-state index is 0.00317. The summed E-state index contributed by atoms with van der Waals surface area (Å²) in [4.78, 5) is 28.2. The maximum atomic E-state index is 14.8. The number of anilines is 1. The van der Waals surface area contributed by atoms with E-state index in [9.17, 15) is 23.5 Å². The summed E-state index contributed by atoms with van der Waals surface area (Å²) in [6, 6.07) is 8.40. The number of rotatable bonds is 9. The van der Waals surface area contributed by atoms with Crippen LogP contribution in [0.5, 0.6) is 0 Å². The Hall–Kier alpha value is -4.31. The number of halogens is 2. The highest BCUT2D eigenvalue weighted by atomic mass is 19.1. The van der Waals surface area contributed by atoms with E-state index < -0.39 is 48.6 Å². The Balaban J connectivity index is 1.60. The Kier molecular flexibility index (Phi) is 7.19. The van der Waals surface area contributed by atoms with Gasteiger partial charge in [0.05, 0.1) is 52.1 Å². The summed E-state index contributed by atoms with van der Waals surface area (Å²) in [6.07, 6.45) is -0.0611. The zero-order chi connectivity index (χ0) is 27.7. The van der Waals surface area contributed by atoms with Crippen molar-refractivity contribution in [3.63, 3.8) is 0 Å². The number of nitriles is 1. The van der Waals surface area contributed by atoms with Crippen LogP contribution in [0, 0.1) is 11.3 Å². The van der Waals surface area contributed by atoms with Crippen LogP contribution in [0.2, 0.25) is 0 Å². The van der Waals surface area contributed by atoms with Crippen molar-refractivity contribution < 1.29 is 28.2 Å². The highest BCUT2D eigenvalue weighted by Gasteiger charge is 2.46. The second-order valence-corrected chi connectivity index (χ2v) is 9.87. The van der Waals surface area contributed by atoms with Crippen LogP contribution < -0.4 is 16.4 Å². The average Bonchev–Trinajstić information content (AvgIpc) is 3.27. The van der Waals surface area contributed by atoms with Gasteiger partial charge in [0.1, 0.15) is 24.5 Å². The zero-order valence-electron chi connectivity index (χ0n) is 20.7. The first-order valence-corrected chi connectivity index (χ1v) is 11.8. The largest absolute Gasteiger partial charge is 0.446 e. The van der Waals surface area contributed by atoms with Gasteiger partial charge >= 0.3 is 6.09 Å². The van der Waals surface area contributed by atoms with E-state index in [-0.39, 0.29) is 18.4 Å². The SMILES string of the molecule is CC(C)(O)C(F)CNC(=O)c1cnc(-c2ccc3cc(C#N)cnn23)cc1NC1CC(F)(COC(N)=O)C1. The van der Waals surface area contributed by atoms with Gasteiger partial charge in [0, 0.05) is 25.1 Å². The van der Waals surface area contributed by atoms with Gasteiger partial charge in [-0.05, 0) is 38.1 Å². The summed E-state index contributed by atoms with van der Waals surface area (Å²) in [5, 5.41) is 28.8. The number of fused-ring (bicyclic) bond motifs is 1. The molecule has 13 heteroatoms. The molecule has 0 radical (unpaired) electrons. The molecule has 0 spiro atoms. The van der Waals surface area contributed by atoms with Crippen LogP contribution in [0.4, 0.5) is 19.3 Å². The summed E-state index contributed by atoms with van der Waals surface area (Å²) in [7, 11) is 0. The van der Waals surface area contributed by atoms with E-state index in [1.165, 1.54) is 26.2 Å². The summed E-state index contributed by atoms with van der Waals surface area (Å²) in [6.45, 7) is 1.69. The van der Waals surface area contributed by atoms with E-state index in [4.69, 9.17) is 11.0 Å². The van der Waals surface area contributed by atoms with E-state index in [1.54, 1.807) is 28.8 Å². The van der Waals surface area contributed by atoms with Gasteiger partial charge in [-0.15, -0.1) is 0 Å². The smallest absolute Gasteiger partial charge is 0.404 e. The fourth-order valence-corrected chi connectivity index (χ4v) is 4.14. The molecule has 1 aliphatic carbocycles. The van der Waals surface area contributed by atoms with Crippen LogP contribution in [0.3, 0.4) is 0 Å². The van der Waals surface area contributed by atoms with Gasteiger partial charge < -0.3 is 26.2 Å². The molecule has 3 aromatic rings. The average molecular weight is 528 g/mol. The number of nitrogens with zero attached hydrogens (tertiary/aromatic N) is 4. The van der Waals surface area contributed by atoms with Crippen LogP contribution in [-0.4, -0.2) is 68.3 Å². The predicted octanol–water partition coefficient (Wildman–Crippen LogP) is 2.48. The molecule has 4 rings (SSSR count). The van der Waals surface area contributed by atoms with Gasteiger partial charge in [-0.2, -0.15) is 10.4 Å². The molecular formula is C25H27F2N7O4. The molecule has 1 aliphatic rings. The Morgan fingerprint density at radius 3 is 2.76 bits per heavy atom. The van der Waals surface area contributed by atoms with Gasteiger partial charge in [0.2, 0.25) is 0 Å². The lowest BCUT2D eigenvalue weighted by Gasteiger charge is -2.41. The number of aliphatic hydroxyl groups is 1. The Bertz CT molecular complexity index is 1410. The third-order valence-corrected chi connectivity index (χ3v) is 6.31. The summed E-state index contributed by atoms with van der Waals surface area (Å²) in [5.41, 5.74) is 3.99. The quantitative estimate of drug-likeness (QED) is 0.329. The molecule has 3 aromatic heterocycles. The van der Waals surface area contributed by atoms with Gasteiger partial charge in [0.15, 0.2) is 0 Å². The van der Waals surface area contributed by atoms with Crippen molar-refractivity contribution in [3.8, 4) is 17.5 Å². The van der Waals surface area contributed by atoms with Crippen molar-refractivity contribution >= 4 is 23.2 Å². The predicted molar refractivity (Wildman–Crippen MR) is 133 cm³/mol. The van der Waals surface area contributed by atoms with Crippen molar-refractivity contribution in [3.05, 3.63) is 47.8 Å². The molecule has 3 heterocycles. The first kappa shape index (κ1) is 26.7. The Labute approximate surface area is 216 Å². The third-order valence-electron chi connectivity index (χ3n) is 6.31. The molecule has 2 amide bonds. The van der Waals surface area contributed by atoms with Crippen LogP contribution >= 0.6 is 0 Å². The molecule has 1 saturated carbocycles. The van der Waals surface area contributed by atoms with Gasteiger partial charge in [0.25, 0.3) is 5.91 Å². The summed E-state index contributed by atoms with van der Waals surface area (Å²) in [5.74, 6) is -0.641. The van der Waals surface area contributed by atoms with Gasteiger partial charge in [-0.1, -0.05) is 0 Å². The number of primary amides is 1. The Morgan fingerprint density at radius 1 is 1.37 bits per heavy atom. The van der Waals surface area contributed by atoms with Crippen molar-refractivity contribution in [2.45, 2.75) is 50.2 Å². The number of nitrogens with two attached hydrogens (primary N) is 1. The third kappa shape index (κ3) is 5.81. The van der Waals surface area contributed by atoms with E-state index in [0.717, 1.165) is 0 Å². The van der Waals surface area contributed by atoms with E-state index in [2.05, 4.69) is 25.5 Å². The number of pyridine rings is 1. The van der Waals surface area contributed by atoms with E-state index in [1.807, 2.05) is 6.07 Å². The van der Waals surface area contributed by atoms with Crippen molar-refractivity contribution in [1.82, 2.24) is 19.9 Å². The van der Waals surface area contributed by atoms with Crippen LogP contribution in [0.1, 0.15) is 42.6 Å². The van der Waals surface area contributed by atoms with Crippen molar-refractivity contribution in [2.75, 3.05) is 18.5 Å². The number of carbonyl (C=O) groups excluding carboxylic acids is 2. The highest BCUT2D eigenvalue weighted by molar-refractivity contribution is 6.00. The Morgan fingerprint density at radius 2 is 2.11 bits per heavy atom. The molecule has 200 valence electrons. The number of amides is 2. The summed E-state index contributed by atoms with van der Waals surface area (Å²) >= 11 is 0. The molecule has 1 fully saturated rings. The lowest BCUT2D eigenvalue weighted by Crippen LogP contribution is -2.51. The monoisotopic (exact) mass is 527 g/mol. The molecular weight excluding hydrogens is 500 g/mol. The van der Waals surface area contributed by atoms with Crippen molar-refractivity contribution in [2.24, 2.45) is 5.73 Å². The molecule has 0 saturated heterocycles. The maximum absolute atomic E-state index is 14.8. The molecule has 38 heavy (non-hydrogen) atoms. The number of carbonyl (C=O) groups is 2. The minimum atomic E-state index is -1.75. The molecule has 0 bridgehead atoms. The lowest BCUT2D eigenvalue weighted by molar-refractivity contribution is -0.0126. The number of hydrogen-bond acceptors (Lipinski definition) is 8. The first-order valence-electron chi connectivity index (χ1n) is 11.8. The number of alkyl halides is 2. The minimum Gasteiger partial charge on any atom is -0.446 e. The second-order valence-electron chi connectivity index (χ2n) is 9.87. The standard InChI is InChI=1S/C25H27F2N7O4/c1-24(2,37)21(26)12-31-22(35)17-11-30-19(20-4-3-16-5-14(9-28)10-32-34(16)20)6-18(17)33-15-7-25(27,8-15)13-38-23(29)36/h3-6,10-11,15,21,37H,7-8,12-13H2,1-2H3,(H2,29,36)(H,30,33)(H,31,35). The second kappa shape index (κ2) is 10.2. The summed E-state index contributed by atoms with van der Waals surface area (Å²) < 4.78 is 35.2. The molecule has 5 N–H and O–H groups in total. The van der Waals surface area contributed by atoms with E-state index >= 15 is 0 Å². The zero-order valence-corrected chi connectivity index (χ0v) is 20.7. The normalized spacial score (nSPS) is 19.7. The lowest BCUT2D eigenvalue weighted by atomic mass is 9.77. The maximum Gasteiger partial charge on any atom is 0.404 e. The topological polar surface area (TPSA) is 168 Å². The molecule has 1 atom stereocenters. The first-order chi connectivity index (χ1) is 17.9. The van der Waals surface area contributed by atoms with Crippen molar-refractivity contribution in [1.29, 1.82) is 5.26 Å². The molecule has 0 aromatic carbocycles. The number of hydrogen-bond donors (Lipinski definition) is 4. The van der Waals surface area contributed by atoms with Gasteiger partial charge in [-0.25, -0.2) is 18.1 Å².